The van der Waals surface area contributed by atoms with Gasteiger partial charge < -0.3 is 0 Å². The van der Waals surface area contributed by atoms with Gasteiger partial charge in [-0.2, -0.15) is 0 Å². The maximum atomic E-state index is 4.60. The van der Waals surface area contributed by atoms with Gasteiger partial charge in [-0.15, -0.1) is 0 Å². The third kappa shape index (κ3) is 4.79. The van der Waals surface area contributed by atoms with Gasteiger partial charge in [0.05, 0.1) is 0 Å². The van der Waals surface area contributed by atoms with E-state index >= 15 is 0 Å². The summed E-state index contributed by atoms with van der Waals surface area (Å²) in [6.07, 6.45) is 0.862. The molecule has 0 heterocycles. The molecule has 6 rings (SSSR count). The van der Waals surface area contributed by atoms with Gasteiger partial charge in [0.1, 0.15) is 0 Å². The number of nitrogens with zero attached hydrogens (tertiary/aromatic N) is 1. The molecule has 3 heteroatoms. The summed E-state index contributed by atoms with van der Waals surface area (Å²) in [4.78, 5) is 2.31. The number of hydrogen-bond acceptors (Lipinski definition) is 1. The average molecular weight is 601 g/mol. The molecule has 0 spiro atoms. The van der Waals surface area contributed by atoms with Crippen LogP contribution in [-0.2, 0) is 6.16 Å². The topological polar surface area (TPSA) is 3.24 Å². The Hall–Kier alpha value is -3.97. The SMILES string of the molecule is BrP(Cc1ccc(N(c2ccccc2)c2ccccc2)cc1)(c1ccccc1)(c1ccccc1)c1ccccc1. The zero-order chi connectivity index (χ0) is 27.3. The van der Waals surface area contributed by atoms with Gasteiger partial charge >= 0.3 is 246 Å². The Morgan fingerprint density at radius 2 is 0.675 bits per heavy atom. The second-order valence-electron chi connectivity index (χ2n) is 10.0. The van der Waals surface area contributed by atoms with Crippen molar-refractivity contribution in [3.63, 3.8) is 0 Å². The zero-order valence-electron chi connectivity index (χ0n) is 22.2. The molecule has 40 heavy (non-hydrogen) atoms. The van der Waals surface area contributed by atoms with Crippen LogP contribution >= 0.6 is 20.8 Å². The molecule has 0 fully saturated rings. The van der Waals surface area contributed by atoms with Crippen molar-refractivity contribution in [2.24, 2.45) is 0 Å². The van der Waals surface area contributed by atoms with Crippen LogP contribution in [0.2, 0.25) is 0 Å². The van der Waals surface area contributed by atoms with Crippen LogP contribution in [0, 0.1) is 0 Å². The molecule has 0 amide bonds. The summed E-state index contributed by atoms with van der Waals surface area (Å²) < 4.78 is 0. The number of benzene rings is 6. The number of halogens is 1. The van der Waals surface area contributed by atoms with Gasteiger partial charge in [-0.05, 0) is 0 Å². The third-order valence-electron chi connectivity index (χ3n) is 7.59. The zero-order valence-corrected chi connectivity index (χ0v) is 24.7. The van der Waals surface area contributed by atoms with Crippen molar-refractivity contribution in [2.45, 2.75) is 6.16 Å². The molecule has 0 saturated carbocycles. The van der Waals surface area contributed by atoms with E-state index in [1.54, 1.807) is 0 Å². The van der Waals surface area contributed by atoms with Crippen molar-refractivity contribution in [3.8, 4) is 0 Å². The summed E-state index contributed by atoms with van der Waals surface area (Å²) in [7, 11) is 0. The van der Waals surface area contributed by atoms with Crippen molar-refractivity contribution in [3.05, 3.63) is 181 Å². The van der Waals surface area contributed by atoms with Crippen molar-refractivity contribution in [1.29, 1.82) is 0 Å². The molecule has 0 aliphatic heterocycles. The van der Waals surface area contributed by atoms with Gasteiger partial charge in [0.2, 0.25) is 0 Å². The van der Waals surface area contributed by atoms with Crippen LogP contribution < -0.4 is 20.8 Å². The van der Waals surface area contributed by atoms with E-state index < -0.39 is 5.31 Å². The predicted octanol–water partition coefficient (Wildman–Crippen LogP) is 9.50. The minimum absolute atomic E-state index is 0.862. The first-order chi connectivity index (χ1) is 19.7. The van der Waals surface area contributed by atoms with Crippen molar-refractivity contribution in [1.82, 2.24) is 0 Å². The molecule has 0 N–H and O–H groups in total. The number of para-hydroxylation sites is 2. The molecule has 6 aromatic rings. The van der Waals surface area contributed by atoms with Crippen LogP contribution in [0.3, 0.4) is 0 Å². The fourth-order valence-electron chi connectivity index (χ4n) is 5.63. The first kappa shape index (κ1) is 26.3. The predicted molar refractivity (Wildman–Crippen MR) is 179 cm³/mol. The van der Waals surface area contributed by atoms with E-state index in [-0.39, 0.29) is 0 Å². The van der Waals surface area contributed by atoms with Crippen LogP contribution in [0.5, 0.6) is 0 Å². The van der Waals surface area contributed by atoms with Crippen molar-refractivity contribution >= 4 is 53.8 Å². The number of rotatable bonds is 8. The summed E-state index contributed by atoms with van der Waals surface area (Å²) >= 11 is 4.60. The van der Waals surface area contributed by atoms with Gasteiger partial charge in [0, 0.05) is 0 Å². The van der Waals surface area contributed by atoms with Crippen LogP contribution in [0.4, 0.5) is 17.1 Å². The van der Waals surface area contributed by atoms with Crippen LogP contribution in [0.25, 0.3) is 0 Å². The van der Waals surface area contributed by atoms with Crippen LogP contribution in [0.15, 0.2) is 176 Å². The van der Waals surface area contributed by atoms with Gasteiger partial charge in [0.25, 0.3) is 0 Å². The van der Waals surface area contributed by atoms with E-state index in [0.29, 0.717) is 0 Å². The summed E-state index contributed by atoms with van der Waals surface area (Å²) in [5, 5.41) is 0.912. The average Bonchev–Trinajstić information content (AvgIpc) is 3.04. The second kappa shape index (κ2) is 11.3. The fraction of sp³-hybridized carbons (Fsp3) is 0.0270. The van der Waals surface area contributed by atoms with E-state index in [1.165, 1.54) is 21.5 Å². The van der Waals surface area contributed by atoms with Gasteiger partial charge in [-0.1, -0.05) is 0 Å². The molecule has 1 nitrogen and oxygen atoms in total. The Kier molecular flexibility index (Phi) is 7.39. The molecule has 196 valence electrons. The third-order valence-corrected chi connectivity index (χ3v) is 17.1. The summed E-state index contributed by atoms with van der Waals surface area (Å²) in [5.74, 6) is 0. The quantitative estimate of drug-likeness (QED) is 0.157. The molecule has 0 aromatic heterocycles. The Balaban J connectivity index is 1.49. The fourth-order valence-corrected chi connectivity index (χ4v) is 13.3. The molecular weight excluding hydrogens is 569 g/mol. The summed E-state index contributed by atoms with van der Waals surface area (Å²) in [5.41, 5.74) is 4.70. The first-order valence-corrected chi connectivity index (χ1v) is 18.0. The van der Waals surface area contributed by atoms with E-state index in [2.05, 4.69) is 196 Å². The minimum atomic E-state index is -3.06. The van der Waals surface area contributed by atoms with Gasteiger partial charge in [0.15, 0.2) is 0 Å². The summed E-state index contributed by atoms with van der Waals surface area (Å²) in [6.45, 7) is 0. The molecule has 0 aliphatic carbocycles. The van der Waals surface area contributed by atoms with Crippen molar-refractivity contribution in [2.75, 3.05) is 4.90 Å². The molecular formula is C37H31BrNP. The molecule has 0 bridgehead atoms. The standard InChI is InChI=1S/C37H31BrNP/c38-40(35-20-10-3-11-21-35,36-22-12-4-13-23-36,37-24-14-5-15-25-37)30-31-26-28-34(29-27-31)39(32-16-6-1-7-17-32)33-18-8-2-9-19-33/h1-29H,30H2. The Morgan fingerprint density at radius 1 is 0.375 bits per heavy atom. The molecule has 0 radical (unpaired) electrons. The Morgan fingerprint density at radius 3 is 1.02 bits per heavy atom. The second-order valence-corrected chi connectivity index (χ2v) is 18.9. The molecule has 0 atom stereocenters. The van der Waals surface area contributed by atoms with Gasteiger partial charge in [-0.25, -0.2) is 0 Å². The number of anilines is 3. The summed E-state index contributed by atoms with van der Waals surface area (Å²) in [6, 6.07) is 63.2. The molecule has 0 unspecified atom stereocenters. The molecule has 6 aromatic carbocycles. The van der Waals surface area contributed by atoms with Crippen LogP contribution in [-0.4, -0.2) is 0 Å². The van der Waals surface area contributed by atoms with E-state index in [0.717, 1.165) is 23.2 Å². The van der Waals surface area contributed by atoms with Gasteiger partial charge in [-0.3, -0.25) is 0 Å². The van der Waals surface area contributed by atoms with Crippen LogP contribution in [0.1, 0.15) is 5.56 Å². The van der Waals surface area contributed by atoms with Crippen molar-refractivity contribution < 1.29 is 0 Å². The molecule has 0 aliphatic rings. The molecule has 0 saturated heterocycles. The van der Waals surface area contributed by atoms with E-state index in [1.807, 2.05) is 0 Å². The Labute approximate surface area is 245 Å². The first-order valence-electron chi connectivity index (χ1n) is 13.6. The maximum absolute atomic E-state index is 4.60. The normalized spacial score (nSPS) is 12.3. The monoisotopic (exact) mass is 599 g/mol. The number of hydrogen-bond donors (Lipinski definition) is 0. The van der Waals surface area contributed by atoms with E-state index in [9.17, 15) is 0 Å². The van der Waals surface area contributed by atoms with E-state index in [4.69, 9.17) is 0 Å². The Bertz CT molecular complexity index is 1520.